The van der Waals surface area contributed by atoms with Crippen molar-refractivity contribution in [2.45, 2.75) is 43.8 Å². The lowest BCUT2D eigenvalue weighted by Gasteiger charge is -2.36. The summed E-state index contributed by atoms with van der Waals surface area (Å²) in [5.41, 5.74) is 1.60. The van der Waals surface area contributed by atoms with Crippen molar-refractivity contribution in [3.05, 3.63) is 42.5 Å². The van der Waals surface area contributed by atoms with Crippen LogP contribution in [0.4, 0.5) is 10.2 Å². The van der Waals surface area contributed by atoms with Gasteiger partial charge in [-0.2, -0.15) is 5.10 Å². The lowest BCUT2D eigenvalue weighted by molar-refractivity contribution is 0.353. The largest absolute Gasteiger partial charge is 0.507 e. The fourth-order valence-electron chi connectivity index (χ4n) is 4.57. The first-order valence-electron chi connectivity index (χ1n) is 9.93. The number of hydrogen-bond acceptors (Lipinski definition) is 6. The van der Waals surface area contributed by atoms with Crippen molar-refractivity contribution in [3.8, 4) is 28.1 Å². The van der Waals surface area contributed by atoms with Gasteiger partial charge in [0, 0.05) is 48.1 Å². The number of anilines is 1. The molecular weight excluding hydrogens is 371 g/mol. The molecule has 8 heteroatoms. The predicted molar refractivity (Wildman–Crippen MR) is 108 cm³/mol. The number of hydrogen-bond donors (Lipinski definition) is 3. The number of piperidine rings is 1. The van der Waals surface area contributed by atoms with Gasteiger partial charge in [0.05, 0.1) is 11.9 Å². The van der Waals surface area contributed by atoms with E-state index >= 15 is 0 Å². The van der Waals surface area contributed by atoms with Crippen LogP contribution in [0, 0.1) is 5.82 Å². The SMILES string of the molecule is CN(c1ccc(-c2cc(F)c(-c3cn[nH]c3)cc2O)nn1)[C@H]1C[C@H]2CC[C@@H](C1)N2. The first-order chi connectivity index (χ1) is 14.1. The second kappa shape index (κ2) is 7.11. The van der Waals surface area contributed by atoms with E-state index in [2.05, 4.69) is 37.7 Å². The zero-order valence-corrected chi connectivity index (χ0v) is 16.1. The van der Waals surface area contributed by atoms with Gasteiger partial charge in [-0.3, -0.25) is 5.10 Å². The zero-order valence-electron chi connectivity index (χ0n) is 16.1. The minimum absolute atomic E-state index is 0.0482. The molecule has 0 aliphatic carbocycles. The van der Waals surface area contributed by atoms with Crippen LogP contribution < -0.4 is 10.2 Å². The van der Waals surface area contributed by atoms with Gasteiger partial charge in [0.25, 0.3) is 0 Å². The number of halogens is 1. The summed E-state index contributed by atoms with van der Waals surface area (Å²) >= 11 is 0. The average Bonchev–Trinajstić information content (AvgIpc) is 3.38. The molecule has 2 aromatic heterocycles. The van der Waals surface area contributed by atoms with Gasteiger partial charge in [-0.1, -0.05) is 0 Å². The third-order valence-electron chi connectivity index (χ3n) is 6.18. The summed E-state index contributed by atoms with van der Waals surface area (Å²) in [5.74, 6) is 0.287. The van der Waals surface area contributed by atoms with Gasteiger partial charge in [0.1, 0.15) is 11.6 Å². The van der Waals surface area contributed by atoms with Gasteiger partial charge in [-0.05, 0) is 49.9 Å². The number of phenolic OH excluding ortho intramolecular Hbond substituents is 1. The van der Waals surface area contributed by atoms with E-state index in [0.717, 1.165) is 18.7 Å². The number of aromatic nitrogens is 4. The first-order valence-corrected chi connectivity index (χ1v) is 9.93. The van der Waals surface area contributed by atoms with E-state index < -0.39 is 5.82 Å². The number of nitrogens with zero attached hydrogens (tertiary/aromatic N) is 4. The number of aromatic hydroxyl groups is 1. The zero-order chi connectivity index (χ0) is 20.0. The quantitative estimate of drug-likeness (QED) is 0.630. The van der Waals surface area contributed by atoms with E-state index in [1.807, 2.05) is 6.07 Å². The van der Waals surface area contributed by atoms with Crippen LogP contribution in [0.5, 0.6) is 5.75 Å². The highest BCUT2D eigenvalue weighted by Crippen LogP contribution is 2.35. The molecule has 0 unspecified atom stereocenters. The molecule has 0 amide bonds. The number of nitrogens with one attached hydrogen (secondary N) is 2. The lowest BCUT2D eigenvalue weighted by Crippen LogP contribution is -2.47. The molecule has 1 aromatic carbocycles. The highest BCUT2D eigenvalue weighted by atomic mass is 19.1. The molecular formula is C21H23FN6O. The van der Waals surface area contributed by atoms with Crippen molar-refractivity contribution in [2.24, 2.45) is 0 Å². The topological polar surface area (TPSA) is 90.0 Å². The van der Waals surface area contributed by atoms with E-state index in [9.17, 15) is 9.50 Å². The summed E-state index contributed by atoms with van der Waals surface area (Å²) in [4.78, 5) is 2.19. The molecule has 2 saturated heterocycles. The first kappa shape index (κ1) is 18.1. The summed E-state index contributed by atoms with van der Waals surface area (Å²) in [7, 11) is 2.05. The summed E-state index contributed by atoms with van der Waals surface area (Å²) in [6, 6.07) is 7.98. The van der Waals surface area contributed by atoms with Gasteiger partial charge in [-0.25, -0.2) is 4.39 Å². The van der Waals surface area contributed by atoms with Crippen molar-refractivity contribution in [1.82, 2.24) is 25.7 Å². The fourth-order valence-corrected chi connectivity index (χ4v) is 4.57. The van der Waals surface area contributed by atoms with Gasteiger partial charge >= 0.3 is 0 Å². The molecule has 5 rings (SSSR count). The number of fused-ring (bicyclic) bond motifs is 2. The smallest absolute Gasteiger partial charge is 0.151 e. The molecule has 3 N–H and O–H groups in total. The Morgan fingerprint density at radius 3 is 2.55 bits per heavy atom. The number of phenols is 1. The maximum absolute atomic E-state index is 14.6. The Morgan fingerprint density at radius 1 is 1.10 bits per heavy atom. The molecule has 7 nitrogen and oxygen atoms in total. The Hall–Kier alpha value is -3.00. The summed E-state index contributed by atoms with van der Waals surface area (Å²) < 4.78 is 14.6. The highest BCUT2D eigenvalue weighted by molar-refractivity contribution is 5.74. The number of aromatic amines is 1. The molecule has 0 radical (unpaired) electrons. The molecule has 29 heavy (non-hydrogen) atoms. The van der Waals surface area contributed by atoms with Crippen molar-refractivity contribution in [2.75, 3.05) is 11.9 Å². The minimum atomic E-state index is -0.452. The second-order valence-electron chi connectivity index (χ2n) is 7.99. The van der Waals surface area contributed by atoms with Crippen LogP contribution in [0.15, 0.2) is 36.7 Å². The highest BCUT2D eigenvalue weighted by Gasteiger charge is 2.35. The molecule has 150 valence electrons. The normalized spacial score (nSPS) is 23.3. The lowest BCUT2D eigenvalue weighted by atomic mass is 9.98. The third kappa shape index (κ3) is 3.33. The Morgan fingerprint density at radius 2 is 1.90 bits per heavy atom. The van der Waals surface area contributed by atoms with Gasteiger partial charge in [0.2, 0.25) is 0 Å². The van der Waals surface area contributed by atoms with Crippen molar-refractivity contribution in [3.63, 3.8) is 0 Å². The number of rotatable bonds is 4. The molecule has 0 spiro atoms. The van der Waals surface area contributed by atoms with Gasteiger partial charge < -0.3 is 15.3 Å². The van der Waals surface area contributed by atoms with E-state index in [4.69, 9.17) is 0 Å². The Bertz CT molecular complexity index is 995. The van der Waals surface area contributed by atoms with Crippen LogP contribution >= 0.6 is 0 Å². The Balaban J connectivity index is 1.38. The number of benzene rings is 1. The molecule has 4 heterocycles. The van der Waals surface area contributed by atoms with Crippen LogP contribution in [0.2, 0.25) is 0 Å². The molecule has 2 aliphatic rings. The summed E-state index contributed by atoms with van der Waals surface area (Å²) in [6.07, 6.45) is 7.80. The summed E-state index contributed by atoms with van der Waals surface area (Å²) in [5, 5.41) is 29.2. The van der Waals surface area contributed by atoms with Gasteiger partial charge in [-0.15, -0.1) is 10.2 Å². The third-order valence-corrected chi connectivity index (χ3v) is 6.18. The van der Waals surface area contributed by atoms with Gasteiger partial charge in [0.15, 0.2) is 5.82 Å². The van der Waals surface area contributed by atoms with Crippen LogP contribution in [0.25, 0.3) is 22.4 Å². The average molecular weight is 394 g/mol. The van der Waals surface area contributed by atoms with Crippen molar-refractivity contribution < 1.29 is 9.50 Å². The van der Waals surface area contributed by atoms with Crippen LogP contribution in [0.3, 0.4) is 0 Å². The molecule has 0 saturated carbocycles. The van der Waals surface area contributed by atoms with Crippen molar-refractivity contribution in [1.29, 1.82) is 0 Å². The van der Waals surface area contributed by atoms with Crippen LogP contribution in [-0.2, 0) is 0 Å². The van der Waals surface area contributed by atoms with E-state index in [1.54, 1.807) is 12.3 Å². The van der Waals surface area contributed by atoms with E-state index in [0.29, 0.717) is 34.9 Å². The molecule has 2 bridgehead atoms. The molecule has 2 fully saturated rings. The standard InChI is InChI=1S/C21H23FN6O/c1-28(15-6-13-2-3-14(7-15)25-13)21-5-4-19(26-27-21)17-8-18(22)16(9-20(17)29)12-10-23-24-11-12/h4-5,8-11,13-15,25,29H,2-3,6-7H2,1H3,(H,23,24)/t13-,14+,15+. The van der Waals surface area contributed by atoms with Crippen molar-refractivity contribution >= 4 is 5.82 Å². The van der Waals surface area contributed by atoms with Crippen LogP contribution in [0.1, 0.15) is 25.7 Å². The molecule has 3 atom stereocenters. The Kier molecular flexibility index (Phi) is 4.43. The maximum atomic E-state index is 14.6. The Labute approximate surface area is 168 Å². The van der Waals surface area contributed by atoms with Crippen LogP contribution in [-0.4, -0.2) is 50.7 Å². The fraction of sp³-hybridized carbons (Fsp3) is 0.381. The molecule has 2 aliphatic heterocycles. The van der Waals surface area contributed by atoms with E-state index in [-0.39, 0.29) is 11.3 Å². The predicted octanol–water partition coefficient (Wildman–Crippen LogP) is 3.10. The summed E-state index contributed by atoms with van der Waals surface area (Å²) in [6.45, 7) is 0. The monoisotopic (exact) mass is 394 g/mol. The second-order valence-corrected chi connectivity index (χ2v) is 7.99. The van der Waals surface area contributed by atoms with E-state index in [1.165, 1.54) is 31.2 Å². The minimum Gasteiger partial charge on any atom is -0.507 e. The number of H-pyrrole nitrogens is 1. The molecule has 3 aromatic rings. The maximum Gasteiger partial charge on any atom is 0.151 e.